The maximum Gasteiger partial charge on any atom is 0.253 e. The van der Waals surface area contributed by atoms with E-state index in [1.165, 1.54) is 12.1 Å². The molecular weight excluding hydrogens is 313 g/mol. The topological polar surface area (TPSA) is 82.0 Å². The first-order chi connectivity index (χ1) is 10.0. The standard InChI is InChI=1S/C14H13Cl2N3O2/c15-9-3-4-10(11(16)5-9)14(21)18-7-13(20)19-12(6-17)8-1-2-8/h3-5,8,12H,1-2,7H2,(H,18,21)(H,19,20). The SMILES string of the molecule is N#CC(NC(=O)CNC(=O)c1ccc(Cl)cc1Cl)C1CC1. The second-order valence-corrected chi connectivity index (χ2v) is 5.66. The van der Waals surface area contributed by atoms with Crippen LogP contribution in [0.3, 0.4) is 0 Å². The summed E-state index contributed by atoms with van der Waals surface area (Å²) in [7, 11) is 0. The van der Waals surface area contributed by atoms with Crippen molar-refractivity contribution < 1.29 is 9.59 Å². The van der Waals surface area contributed by atoms with Gasteiger partial charge in [-0.05, 0) is 37.0 Å². The predicted octanol–water partition coefficient (Wildman–Crippen LogP) is 2.14. The van der Waals surface area contributed by atoms with E-state index in [1.54, 1.807) is 6.07 Å². The van der Waals surface area contributed by atoms with Crippen LogP contribution in [-0.2, 0) is 4.79 Å². The maximum absolute atomic E-state index is 11.9. The highest BCUT2D eigenvalue weighted by atomic mass is 35.5. The molecule has 7 heteroatoms. The zero-order valence-electron chi connectivity index (χ0n) is 11.0. The summed E-state index contributed by atoms with van der Waals surface area (Å²) in [4.78, 5) is 23.6. The molecule has 1 saturated carbocycles. The van der Waals surface area contributed by atoms with Gasteiger partial charge in [-0.1, -0.05) is 23.2 Å². The molecule has 0 aromatic heterocycles. The number of hydrogen-bond acceptors (Lipinski definition) is 3. The monoisotopic (exact) mass is 325 g/mol. The molecule has 1 aliphatic carbocycles. The Morgan fingerprint density at radius 2 is 2.10 bits per heavy atom. The van der Waals surface area contributed by atoms with Crippen molar-refractivity contribution in [3.8, 4) is 6.07 Å². The van der Waals surface area contributed by atoms with Gasteiger partial charge in [0.1, 0.15) is 6.04 Å². The van der Waals surface area contributed by atoms with E-state index in [4.69, 9.17) is 28.5 Å². The van der Waals surface area contributed by atoms with E-state index >= 15 is 0 Å². The van der Waals surface area contributed by atoms with Gasteiger partial charge in [-0.2, -0.15) is 5.26 Å². The van der Waals surface area contributed by atoms with Crippen LogP contribution in [0.1, 0.15) is 23.2 Å². The van der Waals surface area contributed by atoms with Gasteiger partial charge in [0, 0.05) is 5.02 Å². The van der Waals surface area contributed by atoms with Crippen LogP contribution < -0.4 is 10.6 Å². The number of nitrogens with one attached hydrogen (secondary N) is 2. The predicted molar refractivity (Wildman–Crippen MR) is 79.1 cm³/mol. The molecule has 1 atom stereocenters. The summed E-state index contributed by atoms with van der Waals surface area (Å²) in [5.41, 5.74) is 0.243. The van der Waals surface area contributed by atoms with E-state index in [9.17, 15) is 9.59 Å². The number of rotatable bonds is 5. The molecule has 2 N–H and O–H groups in total. The molecule has 1 aromatic carbocycles. The number of nitrogens with zero attached hydrogens (tertiary/aromatic N) is 1. The number of benzene rings is 1. The maximum atomic E-state index is 11.9. The molecule has 0 bridgehead atoms. The summed E-state index contributed by atoms with van der Waals surface area (Å²) in [5.74, 6) is -0.626. The van der Waals surface area contributed by atoms with Crippen molar-refractivity contribution in [3.05, 3.63) is 33.8 Å². The highest BCUT2D eigenvalue weighted by Gasteiger charge is 2.32. The smallest absolute Gasteiger partial charge is 0.253 e. The molecule has 1 unspecified atom stereocenters. The van der Waals surface area contributed by atoms with Gasteiger partial charge < -0.3 is 10.6 Å². The largest absolute Gasteiger partial charge is 0.343 e. The lowest BCUT2D eigenvalue weighted by Crippen LogP contribution is -2.42. The highest BCUT2D eigenvalue weighted by molar-refractivity contribution is 6.36. The van der Waals surface area contributed by atoms with Crippen LogP contribution in [0.5, 0.6) is 0 Å². The first-order valence-electron chi connectivity index (χ1n) is 6.43. The average molecular weight is 326 g/mol. The molecule has 0 aliphatic heterocycles. The summed E-state index contributed by atoms with van der Waals surface area (Å²) < 4.78 is 0. The van der Waals surface area contributed by atoms with Crippen molar-refractivity contribution in [2.75, 3.05) is 6.54 Å². The van der Waals surface area contributed by atoms with E-state index in [0.29, 0.717) is 5.02 Å². The minimum atomic E-state index is -0.478. The first kappa shape index (κ1) is 15.6. The zero-order chi connectivity index (χ0) is 15.4. The number of amides is 2. The Balaban J connectivity index is 1.85. The average Bonchev–Trinajstić information content (AvgIpc) is 3.26. The Labute approximate surface area is 132 Å². The lowest BCUT2D eigenvalue weighted by Gasteiger charge is -2.11. The van der Waals surface area contributed by atoms with Crippen molar-refractivity contribution in [1.82, 2.24) is 10.6 Å². The molecule has 0 radical (unpaired) electrons. The minimum Gasteiger partial charge on any atom is -0.343 e. The number of carbonyl (C=O) groups is 2. The first-order valence-corrected chi connectivity index (χ1v) is 7.19. The molecule has 2 rings (SSSR count). The molecule has 21 heavy (non-hydrogen) atoms. The van der Waals surface area contributed by atoms with E-state index in [0.717, 1.165) is 12.8 Å². The fourth-order valence-electron chi connectivity index (χ4n) is 1.84. The molecule has 5 nitrogen and oxygen atoms in total. The summed E-state index contributed by atoms with van der Waals surface area (Å²) in [6.45, 7) is -0.206. The lowest BCUT2D eigenvalue weighted by atomic mass is 10.2. The molecule has 0 saturated heterocycles. The summed E-state index contributed by atoms with van der Waals surface area (Å²) in [5, 5.41) is 14.6. The second kappa shape index (κ2) is 6.79. The van der Waals surface area contributed by atoms with Crippen molar-refractivity contribution in [3.63, 3.8) is 0 Å². The van der Waals surface area contributed by atoms with Crippen LogP contribution in [0, 0.1) is 17.2 Å². The molecule has 0 heterocycles. The van der Waals surface area contributed by atoms with Crippen LogP contribution >= 0.6 is 23.2 Å². The summed E-state index contributed by atoms with van der Waals surface area (Å²) >= 11 is 11.7. The second-order valence-electron chi connectivity index (χ2n) is 4.82. The quantitative estimate of drug-likeness (QED) is 0.870. The summed E-state index contributed by atoms with van der Waals surface area (Å²) in [6, 6.07) is 6.06. The third-order valence-corrected chi connectivity index (χ3v) is 3.68. The van der Waals surface area contributed by atoms with Crippen LogP contribution in [-0.4, -0.2) is 24.4 Å². The van der Waals surface area contributed by atoms with Gasteiger partial charge in [0.2, 0.25) is 5.91 Å². The van der Waals surface area contributed by atoms with E-state index in [1.807, 2.05) is 6.07 Å². The molecule has 1 fully saturated rings. The fraction of sp³-hybridized carbons (Fsp3) is 0.357. The van der Waals surface area contributed by atoms with E-state index < -0.39 is 17.9 Å². The van der Waals surface area contributed by atoms with Gasteiger partial charge >= 0.3 is 0 Å². The number of carbonyl (C=O) groups excluding carboxylic acids is 2. The number of nitriles is 1. The number of halogens is 2. The zero-order valence-corrected chi connectivity index (χ0v) is 12.5. The Morgan fingerprint density at radius 3 is 2.67 bits per heavy atom. The van der Waals surface area contributed by atoms with E-state index in [-0.39, 0.29) is 23.0 Å². The summed E-state index contributed by atoms with van der Waals surface area (Å²) in [6.07, 6.45) is 1.90. The van der Waals surface area contributed by atoms with Gasteiger partial charge in [-0.3, -0.25) is 9.59 Å². The highest BCUT2D eigenvalue weighted by Crippen LogP contribution is 2.32. The van der Waals surface area contributed by atoms with Crippen molar-refractivity contribution in [1.29, 1.82) is 5.26 Å². The fourth-order valence-corrected chi connectivity index (χ4v) is 2.33. The molecular formula is C14H13Cl2N3O2. The minimum absolute atomic E-state index is 0.206. The Hall–Kier alpha value is -1.77. The van der Waals surface area contributed by atoms with Crippen molar-refractivity contribution in [2.45, 2.75) is 18.9 Å². The van der Waals surface area contributed by atoms with Gasteiger partial charge in [0.25, 0.3) is 5.91 Å². The molecule has 2 amide bonds. The van der Waals surface area contributed by atoms with Crippen molar-refractivity contribution >= 4 is 35.0 Å². The Kier molecular flexibility index (Phi) is 5.05. The van der Waals surface area contributed by atoms with Gasteiger partial charge in [0.15, 0.2) is 0 Å². The third-order valence-electron chi connectivity index (χ3n) is 3.13. The molecule has 110 valence electrons. The van der Waals surface area contributed by atoms with Gasteiger partial charge in [-0.15, -0.1) is 0 Å². The van der Waals surface area contributed by atoms with Crippen LogP contribution in [0.2, 0.25) is 10.0 Å². The normalized spacial score (nSPS) is 14.9. The number of hydrogen-bond donors (Lipinski definition) is 2. The van der Waals surface area contributed by atoms with Gasteiger partial charge in [-0.25, -0.2) is 0 Å². The van der Waals surface area contributed by atoms with E-state index in [2.05, 4.69) is 10.6 Å². The molecule has 1 aromatic rings. The van der Waals surface area contributed by atoms with Crippen LogP contribution in [0.4, 0.5) is 0 Å². The van der Waals surface area contributed by atoms with Crippen LogP contribution in [0.15, 0.2) is 18.2 Å². The van der Waals surface area contributed by atoms with Gasteiger partial charge in [0.05, 0.1) is 23.2 Å². The lowest BCUT2D eigenvalue weighted by molar-refractivity contribution is -0.120. The third kappa shape index (κ3) is 4.35. The molecule has 0 spiro atoms. The van der Waals surface area contributed by atoms with Crippen molar-refractivity contribution in [2.24, 2.45) is 5.92 Å². The Morgan fingerprint density at radius 1 is 1.38 bits per heavy atom. The van der Waals surface area contributed by atoms with Crippen LogP contribution in [0.25, 0.3) is 0 Å². The molecule has 1 aliphatic rings. The Bertz CT molecular complexity index is 609.